The minimum Gasteiger partial charge on any atom is -0.365 e. The van der Waals surface area contributed by atoms with Gasteiger partial charge in [0.1, 0.15) is 6.73 Å². The molecule has 1 aromatic rings. The van der Waals surface area contributed by atoms with Gasteiger partial charge in [0.15, 0.2) is 0 Å². The Balaban J connectivity index is 2.12. The first-order valence-corrected chi connectivity index (χ1v) is 5.87. The minimum atomic E-state index is 0.575. The highest BCUT2D eigenvalue weighted by Gasteiger charge is 2.09. The van der Waals surface area contributed by atoms with Gasteiger partial charge in [0.2, 0.25) is 0 Å². The van der Waals surface area contributed by atoms with E-state index in [4.69, 9.17) is 4.74 Å². The molecular formula is C11H15NOS. The molecule has 0 atom stereocenters. The Labute approximate surface area is 89.0 Å². The first kappa shape index (κ1) is 9.87. The second-order valence-corrected chi connectivity index (χ2v) is 4.52. The van der Waals surface area contributed by atoms with Crippen molar-refractivity contribution in [1.82, 2.24) is 0 Å². The van der Waals surface area contributed by atoms with Gasteiger partial charge >= 0.3 is 0 Å². The van der Waals surface area contributed by atoms with E-state index in [1.54, 1.807) is 7.11 Å². The average Bonchev–Trinajstić information content (AvgIpc) is 2.26. The van der Waals surface area contributed by atoms with Crippen molar-refractivity contribution in [2.45, 2.75) is 17.7 Å². The fraction of sp³-hybridized carbons (Fsp3) is 0.455. The van der Waals surface area contributed by atoms with Crippen molar-refractivity contribution in [3.05, 3.63) is 23.8 Å². The lowest BCUT2D eigenvalue weighted by molar-refractivity contribution is 0.221. The van der Waals surface area contributed by atoms with Crippen LogP contribution in [-0.4, -0.2) is 19.6 Å². The zero-order chi connectivity index (χ0) is 9.80. The summed E-state index contributed by atoms with van der Waals surface area (Å²) in [5, 5.41) is 3.21. The molecule has 0 spiro atoms. The van der Waals surface area contributed by atoms with Crippen LogP contribution in [0, 0.1) is 0 Å². The number of hydrogen-bond donors (Lipinski definition) is 1. The van der Waals surface area contributed by atoms with E-state index < -0.39 is 0 Å². The summed E-state index contributed by atoms with van der Waals surface area (Å²) in [5.74, 6) is 1.26. The maximum atomic E-state index is 4.97. The highest BCUT2D eigenvalue weighted by atomic mass is 32.2. The van der Waals surface area contributed by atoms with E-state index in [2.05, 4.69) is 23.5 Å². The van der Waals surface area contributed by atoms with Gasteiger partial charge in [-0.25, -0.2) is 0 Å². The smallest absolute Gasteiger partial charge is 0.116 e. The largest absolute Gasteiger partial charge is 0.365 e. The minimum absolute atomic E-state index is 0.575. The Morgan fingerprint density at radius 2 is 2.43 bits per heavy atom. The Bertz CT molecular complexity index is 314. The molecule has 1 N–H and O–H groups in total. The maximum absolute atomic E-state index is 4.97. The van der Waals surface area contributed by atoms with Gasteiger partial charge in [0.05, 0.1) is 0 Å². The molecule has 0 unspecified atom stereocenters. The normalized spacial score (nSPS) is 14.9. The number of methoxy groups -OCH3 is 1. The predicted molar refractivity (Wildman–Crippen MR) is 61.0 cm³/mol. The summed E-state index contributed by atoms with van der Waals surface area (Å²) in [6.45, 7) is 0.575. The summed E-state index contributed by atoms with van der Waals surface area (Å²) in [7, 11) is 1.70. The molecule has 1 aromatic carbocycles. The molecule has 2 rings (SSSR count). The molecule has 0 aromatic heterocycles. The van der Waals surface area contributed by atoms with Crippen LogP contribution in [0.15, 0.2) is 23.1 Å². The standard InChI is InChI=1S/C11H15NOS/c1-13-8-12-10-4-5-11-9(7-10)3-2-6-14-11/h4-5,7,12H,2-3,6,8H2,1H3. The van der Waals surface area contributed by atoms with Crippen LogP contribution in [0.25, 0.3) is 0 Å². The van der Waals surface area contributed by atoms with Crippen molar-refractivity contribution in [2.24, 2.45) is 0 Å². The predicted octanol–water partition coefficient (Wildman–Crippen LogP) is 2.74. The van der Waals surface area contributed by atoms with Crippen LogP contribution >= 0.6 is 11.8 Å². The van der Waals surface area contributed by atoms with Crippen molar-refractivity contribution in [3.8, 4) is 0 Å². The van der Waals surface area contributed by atoms with Crippen molar-refractivity contribution >= 4 is 17.4 Å². The van der Waals surface area contributed by atoms with E-state index >= 15 is 0 Å². The molecule has 0 saturated carbocycles. The summed E-state index contributed by atoms with van der Waals surface area (Å²) in [6, 6.07) is 6.56. The fourth-order valence-corrected chi connectivity index (χ4v) is 2.65. The monoisotopic (exact) mass is 209 g/mol. The summed E-state index contributed by atoms with van der Waals surface area (Å²) < 4.78 is 4.97. The molecule has 0 amide bonds. The lowest BCUT2D eigenvalue weighted by atomic mass is 10.1. The van der Waals surface area contributed by atoms with Crippen molar-refractivity contribution in [3.63, 3.8) is 0 Å². The molecule has 0 radical (unpaired) electrons. The van der Waals surface area contributed by atoms with Gasteiger partial charge < -0.3 is 10.1 Å². The molecular weight excluding hydrogens is 194 g/mol. The molecule has 0 fully saturated rings. The second kappa shape index (κ2) is 4.71. The zero-order valence-corrected chi connectivity index (χ0v) is 9.19. The average molecular weight is 209 g/mol. The lowest BCUT2D eigenvalue weighted by Crippen LogP contribution is -2.05. The Kier molecular flexibility index (Phi) is 3.32. The highest BCUT2D eigenvalue weighted by Crippen LogP contribution is 2.31. The first-order valence-electron chi connectivity index (χ1n) is 4.88. The van der Waals surface area contributed by atoms with Gasteiger partial charge in [0, 0.05) is 17.7 Å². The van der Waals surface area contributed by atoms with Crippen LogP contribution in [0.3, 0.4) is 0 Å². The Hall–Kier alpha value is -0.670. The summed E-state index contributed by atoms with van der Waals surface area (Å²) in [5.41, 5.74) is 2.63. The van der Waals surface area contributed by atoms with Crippen LogP contribution in [-0.2, 0) is 11.2 Å². The third-order valence-corrected chi connectivity index (χ3v) is 3.53. The number of thioether (sulfide) groups is 1. The molecule has 0 bridgehead atoms. The summed E-state index contributed by atoms with van der Waals surface area (Å²) in [4.78, 5) is 1.44. The van der Waals surface area contributed by atoms with Gasteiger partial charge in [-0.1, -0.05) is 0 Å². The SMILES string of the molecule is COCNc1ccc2c(c1)CCCS2. The number of fused-ring (bicyclic) bond motifs is 1. The first-order chi connectivity index (χ1) is 6.90. The van der Waals surface area contributed by atoms with E-state index in [9.17, 15) is 0 Å². The third-order valence-electron chi connectivity index (χ3n) is 2.33. The van der Waals surface area contributed by atoms with Crippen molar-refractivity contribution in [2.75, 3.05) is 24.9 Å². The number of ether oxygens (including phenoxy) is 1. The van der Waals surface area contributed by atoms with Crippen LogP contribution in [0.5, 0.6) is 0 Å². The quantitative estimate of drug-likeness (QED) is 0.773. The van der Waals surface area contributed by atoms with Gasteiger partial charge in [-0.3, -0.25) is 0 Å². The number of aryl methyl sites for hydroxylation is 1. The van der Waals surface area contributed by atoms with E-state index in [-0.39, 0.29) is 0 Å². The zero-order valence-electron chi connectivity index (χ0n) is 8.38. The second-order valence-electron chi connectivity index (χ2n) is 3.38. The van der Waals surface area contributed by atoms with Crippen LogP contribution in [0.2, 0.25) is 0 Å². The molecule has 0 saturated heterocycles. The summed E-state index contributed by atoms with van der Waals surface area (Å²) >= 11 is 1.96. The Morgan fingerprint density at radius 1 is 1.50 bits per heavy atom. The maximum Gasteiger partial charge on any atom is 0.116 e. The molecule has 1 aliphatic heterocycles. The number of nitrogens with one attached hydrogen (secondary N) is 1. The van der Waals surface area contributed by atoms with Crippen LogP contribution in [0.1, 0.15) is 12.0 Å². The molecule has 2 nitrogen and oxygen atoms in total. The van der Waals surface area contributed by atoms with Crippen molar-refractivity contribution < 1.29 is 4.74 Å². The number of rotatable bonds is 3. The highest BCUT2D eigenvalue weighted by molar-refractivity contribution is 7.99. The molecule has 1 aliphatic rings. The van der Waals surface area contributed by atoms with Gasteiger partial charge in [-0.2, -0.15) is 0 Å². The molecule has 76 valence electrons. The van der Waals surface area contributed by atoms with Gasteiger partial charge in [0.25, 0.3) is 0 Å². The van der Waals surface area contributed by atoms with E-state index in [1.165, 1.54) is 29.1 Å². The van der Waals surface area contributed by atoms with Gasteiger partial charge in [-0.05, 0) is 42.4 Å². The lowest BCUT2D eigenvalue weighted by Gasteiger charge is -2.16. The van der Waals surface area contributed by atoms with Gasteiger partial charge in [-0.15, -0.1) is 11.8 Å². The van der Waals surface area contributed by atoms with Crippen molar-refractivity contribution in [1.29, 1.82) is 0 Å². The van der Waals surface area contributed by atoms with E-state index in [1.807, 2.05) is 11.8 Å². The van der Waals surface area contributed by atoms with E-state index in [0.717, 1.165) is 5.69 Å². The Morgan fingerprint density at radius 3 is 3.29 bits per heavy atom. The molecule has 0 aliphatic carbocycles. The molecule has 1 heterocycles. The number of benzene rings is 1. The molecule has 3 heteroatoms. The topological polar surface area (TPSA) is 21.3 Å². The van der Waals surface area contributed by atoms with Crippen LogP contribution in [0.4, 0.5) is 5.69 Å². The number of hydrogen-bond acceptors (Lipinski definition) is 3. The third kappa shape index (κ3) is 2.22. The number of anilines is 1. The van der Waals surface area contributed by atoms with Crippen LogP contribution < -0.4 is 5.32 Å². The summed E-state index contributed by atoms with van der Waals surface area (Å²) in [6.07, 6.45) is 2.51. The molecule has 14 heavy (non-hydrogen) atoms. The van der Waals surface area contributed by atoms with E-state index in [0.29, 0.717) is 6.73 Å². The fourth-order valence-electron chi connectivity index (χ4n) is 1.63.